The average Bonchev–Trinajstić information content (AvgIpc) is 2.31. The van der Waals surface area contributed by atoms with E-state index in [0.29, 0.717) is 6.61 Å². The normalized spacial score (nSPS) is 10.3. The predicted octanol–water partition coefficient (Wildman–Crippen LogP) is 4.35. The van der Waals surface area contributed by atoms with E-state index in [1.807, 2.05) is 24.3 Å². The monoisotopic (exact) mass is 268 g/mol. The molecule has 0 aliphatic carbocycles. The average molecular weight is 269 g/mol. The first kappa shape index (κ1) is 12.3. The molecule has 0 bridgehead atoms. The minimum atomic E-state index is -0.423. The highest BCUT2D eigenvalue weighted by atomic mass is 35.5. The van der Waals surface area contributed by atoms with E-state index in [9.17, 15) is 4.39 Å². The van der Waals surface area contributed by atoms with Crippen molar-refractivity contribution in [3.8, 4) is 5.75 Å². The number of benzene rings is 2. The Labute approximate surface area is 110 Å². The van der Waals surface area contributed by atoms with E-state index in [1.165, 1.54) is 6.07 Å². The Morgan fingerprint density at radius 1 is 1.18 bits per heavy atom. The molecule has 0 spiro atoms. The maximum absolute atomic E-state index is 12.9. The van der Waals surface area contributed by atoms with Crippen molar-refractivity contribution in [2.24, 2.45) is 0 Å². The fourth-order valence-corrected chi connectivity index (χ4v) is 1.79. The molecule has 17 heavy (non-hydrogen) atoms. The molecule has 0 unspecified atom stereocenters. The van der Waals surface area contributed by atoms with Gasteiger partial charge in [0.15, 0.2) is 0 Å². The second kappa shape index (κ2) is 5.43. The Hall–Kier alpha value is -1.19. The summed E-state index contributed by atoms with van der Waals surface area (Å²) in [6.45, 7) is 0.344. The van der Waals surface area contributed by atoms with E-state index in [0.717, 1.165) is 16.2 Å². The van der Waals surface area contributed by atoms with E-state index in [-0.39, 0.29) is 5.02 Å². The molecule has 0 heterocycles. The van der Waals surface area contributed by atoms with Gasteiger partial charge in [0.1, 0.15) is 18.2 Å². The molecule has 0 amide bonds. The van der Waals surface area contributed by atoms with Crippen LogP contribution < -0.4 is 4.74 Å². The molecular weight excluding hydrogens is 259 g/mol. The zero-order valence-corrected chi connectivity index (χ0v) is 10.5. The third kappa shape index (κ3) is 3.38. The number of halogens is 2. The molecule has 0 N–H and O–H groups in total. The third-order valence-electron chi connectivity index (χ3n) is 2.21. The lowest BCUT2D eigenvalue weighted by atomic mass is 10.2. The lowest BCUT2D eigenvalue weighted by Gasteiger charge is -2.07. The zero-order chi connectivity index (χ0) is 12.3. The highest BCUT2D eigenvalue weighted by molar-refractivity contribution is 7.80. The van der Waals surface area contributed by atoms with Crippen LogP contribution in [0.5, 0.6) is 5.75 Å². The highest BCUT2D eigenvalue weighted by Gasteiger charge is 2.01. The number of hydrogen-bond acceptors (Lipinski definition) is 2. The Morgan fingerprint density at radius 3 is 2.71 bits per heavy atom. The van der Waals surface area contributed by atoms with Gasteiger partial charge in [-0.3, -0.25) is 0 Å². The summed E-state index contributed by atoms with van der Waals surface area (Å²) in [5, 5.41) is 0.106. The van der Waals surface area contributed by atoms with Crippen LogP contribution in [0, 0.1) is 5.82 Å². The van der Waals surface area contributed by atoms with Gasteiger partial charge in [-0.1, -0.05) is 23.7 Å². The van der Waals surface area contributed by atoms with Crippen molar-refractivity contribution in [1.29, 1.82) is 0 Å². The molecule has 88 valence electrons. The van der Waals surface area contributed by atoms with Gasteiger partial charge in [0.25, 0.3) is 0 Å². The number of hydrogen-bond donors (Lipinski definition) is 1. The Balaban J connectivity index is 2.05. The lowest BCUT2D eigenvalue weighted by molar-refractivity contribution is 0.305. The fraction of sp³-hybridized carbons (Fsp3) is 0.0769. The first-order chi connectivity index (χ1) is 8.15. The van der Waals surface area contributed by atoms with E-state index in [1.54, 1.807) is 12.1 Å². The second-order valence-electron chi connectivity index (χ2n) is 3.53. The van der Waals surface area contributed by atoms with Crippen LogP contribution in [0.2, 0.25) is 5.02 Å². The lowest BCUT2D eigenvalue weighted by Crippen LogP contribution is -1.95. The Bertz CT molecular complexity index is 531. The molecule has 0 radical (unpaired) electrons. The smallest absolute Gasteiger partial charge is 0.141 e. The summed E-state index contributed by atoms with van der Waals surface area (Å²) in [7, 11) is 0. The molecule has 0 fully saturated rings. The third-order valence-corrected chi connectivity index (χ3v) is 2.77. The van der Waals surface area contributed by atoms with Crippen LogP contribution in [-0.2, 0) is 6.61 Å². The molecule has 0 aliphatic rings. The van der Waals surface area contributed by atoms with E-state index in [2.05, 4.69) is 12.6 Å². The van der Waals surface area contributed by atoms with Gasteiger partial charge in [-0.15, -0.1) is 12.6 Å². The standard InChI is InChI=1S/C13H10ClFOS/c14-12-6-9(4-5-13(12)15)8-16-10-2-1-3-11(17)7-10/h1-7,17H,8H2. The summed E-state index contributed by atoms with van der Waals surface area (Å²) in [5.74, 6) is 0.297. The molecule has 1 nitrogen and oxygen atoms in total. The summed E-state index contributed by atoms with van der Waals surface area (Å²) in [5.41, 5.74) is 0.820. The van der Waals surface area contributed by atoms with Crippen LogP contribution in [0.3, 0.4) is 0 Å². The fourth-order valence-electron chi connectivity index (χ4n) is 1.37. The topological polar surface area (TPSA) is 9.23 Å². The number of ether oxygens (including phenoxy) is 1. The van der Waals surface area contributed by atoms with Gasteiger partial charge in [-0.25, -0.2) is 4.39 Å². The van der Waals surface area contributed by atoms with Crippen LogP contribution in [0.25, 0.3) is 0 Å². The maximum atomic E-state index is 12.9. The van der Waals surface area contributed by atoms with Crippen LogP contribution >= 0.6 is 24.2 Å². The van der Waals surface area contributed by atoms with Crippen LogP contribution in [0.15, 0.2) is 47.4 Å². The first-order valence-electron chi connectivity index (χ1n) is 5.01. The summed E-state index contributed by atoms with van der Waals surface area (Å²) in [6.07, 6.45) is 0. The van der Waals surface area contributed by atoms with Gasteiger partial charge in [-0.05, 0) is 35.9 Å². The molecule has 2 aromatic rings. The molecule has 4 heteroatoms. The molecule has 0 saturated heterocycles. The molecule has 0 atom stereocenters. The zero-order valence-electron chi connectivity index (χ0n) is 8.86. The van der Waals surface area contributed by atoms with E-state index >= 15 is 0 Å². The molecule has 0 aliphatic heterocycles. The van der Waals surface area contributed by atoms with Crippen LogP contribution in [-0.4, -0.2) is 0 Å². The highest BCUT2D eigenvalue weighted by Crippen LogP contribution is 2.19. The van der Waals surface area contributed by atoms with Crippen molar-refractivity contribution in [2.45, 2.75) is 11.5 Å². The molecule has 2 aromatic carbocycles. The second-order valence-corrected chi connectivity index (χ2v) is 4.46. The SMILES string of the molecule is Fc1ccc(COc2cccc(S)c2)cc1Cl. The van der Waals surface area contributed by atoms with Gasteiger partial charge >= 0.3 is 0 Å². The van der Waals surface area contributed by atoms with Crippen molar-refractivity contribution < 1.29 is 9.13 Å². The number of rotatable bonds is 3. The number of thiol groups is 1. The van der Waals surface area contributed by atoms with Crippen LogP contribution in [0.4, 0.5) is 4.39 Å². The summed E-state index contributed by atoms with van der Waals surface area (Å²) in [6, 6.07) is 11.9. The van der Waals surface area contributed by atoms with Crippen molar-refractivity contribution in [3.63, 3.8) is 0 Å². The van der Waals surface area contributed by atoms with Crippen molar-refractivity contribution in [2.75, 3.05) is 0 Å². The van der Waals surface area contributed by atoms with Gasteiger partial charge in [0, 0.05) is 4.90 Å². The summed E-state index contributed by atoms with van der Waals surface area (Å²) in [4.78, 5) is 0.833. The van der Waals surface area contributed by atoms with E-state index < -0.39 is 5.82 Å². The van der Waals surface area contributed by atoms with Crippen LogP contribution in [0.1, 0.15) is 5.56 Å². The van der Waals surface area contributed by atoms with E-state index in [4.69, 9.17) is 16.3 Å². The minimum Gasteiger partial charge on any atom is -0.489 e. The Morgan fingerprint density at radius 2 is 2.00 bits per heavy atom. The van der Waals surface area contributed by atoms with Gasteiger partial charge in [0.05, 0.1) is 5.02 Å². The summed E-state index contributed by atoms with van der Waals surface area (Å²) >= 11 is 9.89. The van der Waals surface area contributed by atoms with Crippen molar-refractivity contribution in [3.05, 3.63) is 58.9 Å². The molecule has 0 aromatic heterocycles. The van der Waals surface area contributed by atoms with Gasteiger partial charge in [0.2, 0.25) is 0 Å². The summed E-state index contributed by atoms with van der Waals surface area (Å²) < 4.78 is 18.5. The maximum Gasteiger partial charge on any atom is 0.141 e. The van der Waals surface area contributed by atoms with Gasteiger partial charge < -0.3 is 4.74 Å². The molecular formula is C13H10ClFOS. The van der Waals surface area contributed by atoms with Crippen molar-refractivity contribution >= 4 is 24.2 Å². The van der Waals surface area contributed by atoms with Crippen molar-refractivity contribution in [1.82, 2.24) is 0 Å². The quantitative estimate of drug-likeness (QED) is 0.815. The first-order valence-corrected chi connectivity index (χ1v) is 5.83. The largest absolute Gasteiger partial charge is 0.489 e. The Kier molecular flexibility index (Phi) is 3.92. The minimum absolute atomic E-state index is 0.106. The molecule has 2 rings (SSSR count). The predicted molar refractivity (Wildman–Crippen MR) is 69.4 cm³/mol. The molecule has 0 saturated carbocycles. The van der Waals surface area contributed by atoms with Gasteiger partial charge in [-0.2, -0.15) is 0 Å².